The molecule has 1 N–H and O–H groups in total. The van der Waals surface area contributed by atoms with Crippen molar-refractivity contribution in [1.29, 1.82) is 0 Å². The maximum absolute atomic E-state index is 13.1. The first kappa shape index (κ1) is 21.8. The lowest BCUT2D eigenvalue weighted by Gasteiger charge is -2.17. The molecule has 2 aromatic rings. The zero-order valence-corrected chi connectivity index (χ0v) is 16.8. The molecule has 0 radical (unpaired) electrons. The first-order valence-electron chi connectivity index (χ1n) is 9.03. The Labute approximate surface area is 175 Å². The van der Waals surface area contributed by atoms with E-state index >= 15 is 0 Å². The molecule has 0 spiro atoms. The molecule has 0 unspecified atom stereocenters. The predicted octanol–water partition coefficient (Wildman–Crippen LogP) is 4.37. The van der Waals surface area contributed by atoms with Crippen molar-refractivity contribution in [3.8, 4) is 17.2 Å². The summed E-state index contributed by atoms with van der Waals surface area (Å²) in [5, 5.41) is 2.43. The van der Waals surface area contributed by atoms with Gasteiger partial charge in [-0.3, -0.25) is 9.59 Å². The van der Waals surface area contributed by atoms with E-state index in [-0.39, 0.29) is 29.6 Å². The fourth-order valence-electron chi connectivity index (χ4n) is 2.69. The minimum atomic E-state index is -4.58. The molecule has 1 heterocycles. The van der Waals surface area contributed by atoms with Crippen LogP contribution in [0.3, 0.4) is 0 Å². The molecule has 1 aliphatic heterocycles. The first-order chi connectivity index (χ1) is 14.3. The number of hydrogen-bond donors (Lipinski definition) is 1. The molecule has 0 saturated carbocycles. The van der Waals surface area contributed by atoms with Crippen LogP contribution in [-0.4, -0.2) is 41.5 Å². The molecule has 30 heavy (non-hydrogen) atoms. The molecule has 10 heteroatoms. The van der Waals surface area contributed by atoms with Crippen LogP contribution < -0.4 is 14.8 Å². The summed E-state index contributed by atoms with van der Waals surface area (Å²) in [7, 11) is 0. The molecule has 2 aromatic carbocycles. The first-order valence-corrected chi connectivity index (χ1v) is 10.2. The Bertz CT molecular complexity index is 919. The van der Waals surface area contributed by atoms with Crippen LogP contribution in [0.1, 0.15) is 12.5 Å². The second-order valence-electron chi connectivity index (χ2n) is 6.33. The topological polar surface area (TPSA) is 67.9 Å². The number of benzene rings is 2. The monoisotopic (exact) mass is 440 g/mol. The van der Waals surface area contributed by atoms with Crippen LogP contribution in [0.15, 0.2) is 42.5 Å². The quantitative estimate of drug-likeness (QED) is 0.693. The number of alkyl halides is 3. The predicted molar refractivity (Wildman–Crippen MR) is 107 cm³/mol. The molecule has 1 saturated heterocycles. The standard InChI is InChI=1S/C20H19F3N2O4S/c1-2-28-14-4-6-15(7-5-14)29-17-8-3-13(20(21,22)23)9-16(17)24-18(26)10-25-12-30-11-19(25)27/h3-9H,2,10-12H2,1H3,(H,24,26). The summed E-state index contributed by atoms with van der Waals surface area (Å²) in [4.78, 5) is 25.3. The fraction of sp³-hybridized carbons (Fsp3) is 0.300. The molecule has 1 aliphatic rings. The number of nitrogens with zero attached hydrogens (tertiary/aromatic N) is 1. The van der Waals surface area contributed by atoms with E-state index in [1.165, 1.54) is 16.7 Å². The second-order valence-corrected chi connectivity index (χ2v) is 7.29. The van der Waals surface area contributed by atoms with Gasteiger partial charge < -0.3 is 19.7 Å². The van der Waals surface area contributed by atoms with Crippen molar-refractivity contribution >= 4 is 29.3 Å². The lowest BCUT2D eigenvalue weighted by molar-refractivity contribution is -0.137. The molecule has 3 rings (SSSR count). The van der Waals surface area contributed by atoms with Crippen molar-refractivity contribution in [1.82, 2.24) is 4.90 Å². The number of anilines is 1. The number of halogens is 3. The maximum Gasteiger partial charge on any atom is 0.416 e. The third kappa shape index (κ3) is 5.59. The van der Waals surface area contributed by atoms with Gasteiger partial charge in [-0.2, -0.15) is 13.2 Å². The highest BCUT2D eigenvalue weighted by Crippen LogP contribution is 2.37. The summed E-state index contributed by atoms with van der Waals surface area (Å²) >= 11 is 1.37. The Morgan fingerprint density at radius 1 is 1.17 bits per heavy atom. The summed E-state index contributed by atoms with van der Waals surface area (Å²) < 4.78 is 50.4. The van der Waals surface area contributed by atoms with Gasteiger partial charge >= 0.3 is 6.18 Å². The van der Waals surface area contributed by atoms with Gasteiger partial charge in [-0.05, 0) is 49.4 Å². The van der Waals surface area contributed by atoms with Crippen LogP contribution >= 0.6 is 11.8 Å². The summed E-state index contributed by atoms with van der Waals surface area (Å²) in [6, 6.07) is 9.37. The molecule has 160 valence electrons. The third-order valence-electron chi connectivity index (χ3n) is 4.10. The summed E-state index contributed by atoms with van der Waals surface area (Å²) in [6.45, 7) is 2.09. The maximum atomic E-state index is 13.1. The van der Waals surface area contributed by atoms with Crippen molar-refractivity contribution in [3.63, 3.8) is 0 Å². The molecule has 0 atom stereocenters. The molecule has 0 aromatic heterocycles. The number of ether oxygens (including phenoxy) is 2. The highest BCUT2D eigenvalue weighted by atomic mass is 32.2. The van der Waals surface area contributed by atoms with Crippen molar-refractivity contribution in [2.24, 2.45) is 0 Å². The molecular formula is C20H19F3N2O4S. The van der Waals surface area contributed by atoms with Gasteiger partial charge in [0.25, 0.3) is 0 Å². The summed E-state index contributed by atoms with van der Waals surface area (Å²) in [5.41, 5.74) is -1.06. The molecule has 0 aliphatic carbocycles. The van der Waals surface area contributed by atoms with Gasteiger partial charge in [0.15, 0.2) is 5.75 Å². The van der Waals surface area contributed by atoms with E-state index < -0.39 is 17.6 Å². The SMILES string of the molecule is CCOc1ccc(Oc2ccc(C(F)(F)F)cc2NC(=O)CN2CSCC2=O)cc1. The van der Waals surface area contributed by atoms with E-state index in [1.54, 1.807) is 24.3 Å². The van der Waals surface area contributed by atoms with Gasteiger partial charge in [-0.1, -0.05) is 0 Å². The van der Waals surface area contributed by atoms with E-state index in [0.717, 1.165) is 18.2 Å². The van der Waals surface area contributed by atoms with Crippen LogP contribution in [0.5, 0.6) is 17.2 Å². The summed E-state index contributed by atoms with van der Waals surface area (Å²) in [6.07, 6.45) is -4.58. The molecular weight excluding hydrogens is 421 g/mol. The van der Waals surface area contributed by atoms with Crippen LogP contribution in [0.2, 0.25) is 0 Å². The minimum Gasteiger partial charge on any atom is -0.494 e. The number of rotatable bonds is 7. The van der Waals surface area contributed by atoms with Gasteiger partial charge in [-0.15, -0.1) is 11.8 Å². The largest absolute Gasteiger partial charge is 0.494 e. The van der Waals surface area contributed by atoms with Crippen LogP contribution in [0.4, 0.5) is 18.9 Å². The Hall–Kier alpha value is -2.88. The number of thioether (sulfide) groups is 1. The van der Waals surface area contributed by atoms with E-state index in [0.29, 0.717) is 24.0 Å². The van der Waals surface area contributed by atoms with Gasteiger partial charge in [-0.25, -0.2) is 0 Å². The number of carbonyl (C=O) groups excluding carboxylic acids is 2. The second kappa shape index (κ2) is 9.29. The average molecular weight is 440 g/mol. The number of hydrogen-bond acceptors (Lipinski definition) is 5. The van der Waals surface area contributed by atoms with Gasteiger partial charge in [0.05, 0.1) is 29.5 Å². The highest BCUT2D eigenvalue weighted by molar-refractivity contribution is 8.00. The van der Waals surface area contributed by atoms with Gasteiger partial charge in [0.1, 0.15) is 18.0 Å². The van der Waals surface area contributed by atoms with E-state index in [1.807, 2.05) is 6.92 Å². The third-order valence-corrected chi connectivity index (χ3v) is 5.05. The Morgan fingerprint density at radius 3 is 2.47 bits per heavy atom. The summed E-state index contributed by atoms with van der Waals surface area (Å²) in [5.74, 6) is 0.876. The Morgan fingerprint density at radius 2 is 1.87 bits per heavy atom. The van der Waals surface area contributed by atoms with E-state index in [2.05, 4.69) is 5.32 Å². The molecule has 2 amide bonds. The van der Waals surface area contributed by atoms with Crippen LogP contribution in [-0.2, 0) is 15.8 Å². The smallest absolute Gasteiger partial charge is 0.416 e. The van der Waals surface area contributed by atoms with E-state index in [9.17, 15) is 22.8 Å². The zero-order valence-electron chi connectivity index (χ0n) is 16.0. The minimum absolute atomic E-state index is 0.0441. The number of nitrogens with one attached hydrogen (secondary N) is 1. The molecule has 6 nitrogen and oxygen atoms in total. The van der Waals surface area contributed by atoms with Crippen molar-refractivity contribution in [2.75, 3.05) is 30.1 Å². The molecule has 0 bridgehead atoms. The van der Waals surface area contributed by atoms with Crippen LogP contribution in [0, 0.1) is 0 Å². The zero-order chi connectivity index (χ0) is 21.7. The number of amides is 2. The van der Waals surface area contributed by atoms with Crippen LogP contribution in [0.25, 0.3) is 0 Å². The van der Waals surface area contributed by atoms with Crippen molar-refractivity contribution in [3.05, 3.63) is 48.0 Å². The average Bonchev–Trinajstić information content (AvgIpc) is 3.08. The fourth-order valence-corrected chi connectivity index (χ4v) is 3.60. The van der Waals surface area contributed by atoms with Gasteiger partial charge in [0, 0.05) is 0 Å². The Balaban J connectivity index is 1.81. The number of carbonyl (C=O) groups is 2. The van der Waals surface area contributed by atoms with Crippen molar-refractivity contribution in [2.45, 2.75) is 13.1 Å². The van der Waals surface area contributed by atoms with E-state index in [4.69, 9.17) is 9.47 Å². The lowest BCUT2D eigenvalue weighted by Crippen LogP contribution is -2.34. The normalized spacial score (nSPS) is 14.0. The lowest BCUT2D eigenvalue weighted by atomic mass is 10.1. The van der Waals surface area contributed by atoms with Crippen molar-refractivity contribution < 1.29 is 32.2 Å². The highest BCUT2D eigenvalue weighted by Gasteiger charge is 2.32. The molecule has 1 fully saturated rings. The Kier molecular flexibility index (Phi) is 6.76. The van der Waals surface area contributed by atoms with Gasteiger partial charge in [0.2, 0.25) is 11.8 Å².